The lowest BCUT2D eigenvalue weighted by Gasteiger charge is -2.35. The molecule has 8 heteroatoms. The molecule has 1 aliphatic heterocycles. The SMILES string of the molecule is CC(C)(C)OC(=O)N1Cc2cc(CO)nn2CC1C(=O)OCc1ccccc1. The summed E-state index contributed by atoms with van der Waals surface area (Å²) < 4.78 is 12.5. The van der Waals surface area contributed by atoms with Crippen molar-refractivity contribution >= 4 is 12.1 Å². The Morgan fingerprint density at radius 3 is 2.61 bits per heavy atom. The molecule has 0 radical (unpaired) electrons. The van der Waals surface area contributed by atoms with E-state index in [2.05, 4.69) is 5.10 Å². The molecular weight excluding hydrogens is 362 g/mol. The van der Waals surface area contributed by atoms with E-state index in [1.165, 1.54) is 4.90 Å². The maximum Gasteiger partial charge on any atom is 0.411 e. The molecule has 0 saturated carbocycles. The molecule has 3 rings (SSSR count). The second-order valence-corrected chi connectivity index (χ2v) is 7.68. The molecule has 2 aromatic rings. The number of esters is 1. The van der Waals surface area contributed by atoms with Gasteiger partial charge in [-0.1, -0.05) is 30.3 Å². The smallest absolute Gasteiger partial charge is 0.411 e. The van der Waals surface area contributed by atoms with Crippen LogP contribution < -0.4 is 0 Å². The summed E-state index contributed by atoms with van der Waals surface area (Å²) in [6.45, 7) is 5.50. The van der Waals surface area contributed by atoms with Crippen molar-refractivity contribution in [2.75, 3.05) is 0 Å². The predicted molar refractivity (Wildman–Crippen MR) is 100.0 cm³/mol. The first-order valence-corrected chi connectivity index (χ1v) is 9.13. The number of carbonyl (C=O) groups is 2. The Morgan fingerprint density at radius 1 is 1.25 bits per heavy atom. The van der Waals surface area contributed by atoms with Crippen LogP contribution >= 0.6 is 0 Å². The highest BCUT2D eigenvalue weighted by Crippen LogP contribution is 2.23. The molecule has 28 heavy (non-hydrogen) atoms. The van der Waals surface area contributed by atoms with E-state index in [0.717, 1.165) is 11.3 Å². The predicted octanol–water partition coefficient (Wildman–Crippen LogP) is 2.24. The number of nitrogens with zero attached hydrogens (tertiary/aromatic N) is 3. The maximum absolute atomic E-state index is 12.8. The first-order chi connectivity index (χ1) is 13.3. The lowest BCUT2D eigenvalue weighted by Crippen LogP contribution is -2.52. The van der Waals surface area contributed by atoms with Gasteiger partial charge >= 0.3 is 12.1 Å². The van der Waals surface area contributed by atoms with E-state index in [4.69, 9.17) is 9.47 Å². The summed E-state index contributed by atoms with van der Waals surface area (Å²) in [6, 6.07) is 10.2. The Kier molecular flexibility index (Phi) is 5.69. The largest absolute Gasteiger partial charge is 0.459 e. The minimum absolute atomic E-state index is 0.117. The molecular formula is C20H25N3O5. The molecule has 150 valence electrons. The summed E-state index contributed by atoms with van der Waals surface area (Å²) >= 11 is 0. The van der Waals surface area contributed by atoms with Gasteiger partial charge in [0.1, 0.15) is 12.2 Å². The second-order valence-electron chi connectivity index (χ2n) is 7.68. The number of carbonyl (C=O) groups excluding carboxylic acids is 2. The van der Waals surface area contributed by atoms with Gasteiger partial charge in [0.2, 0.25) is 0 Å². The highest BCUT2D eigenvalue weighted by atomic mass is 16.6. The van der Waals surface area contributed by atoms with Crippen molar-refractivity contribution < 1.29 is 24.2 Å². The van der Waals surface area contributed by atoms with Gasteiger partial charge in [-0.25, -0.2) is 9.59 Å². The van der Waals surface area contributed by atoms with Gasteiger partial charge in [-0.15, -0.1) is 0 Å². The van der Waals surface area contributed by atoms with E-state index in [1.807, 2.05) is 30.3 Å². The summed E-state index contributed by atoms with van der Waals surface area (Å²) in [5.74, 6) is -0.526. The minimum atomic E-state index is -0.863. The van der Waals surface area contributed by atoms with Gasteiger partial charge in [0.25, 0.3) is 0 Å². The van der Waals surface area contributed by atoms with Crippen LogP contribution in [0.3, 0.4) is 0 Å². The van der Waals surface area contributed by atoms with Crippen LogP contribution in [0.25, 0.3) is 0 Å². The van der Waals surface area contributed by atoms with E-state index in [1.54, 1.807) is 31.5 Å². The van der Waals surface area contributed by atoms with Crippen molar-refractivity contribution in [1.29, 1.82) is 0 Å². The van der Waals surface area contributed by atoms with Crippen LogP contribution in [-0.2, 0) is 40.6 Å². The Morgan fingerprint density at radius 2 is 1.96 bits per heavy atom. The van der Waals surface area contributed by atoms with Crippen LogP contribution in [0.4, 0.5) is 4.79 Å². The topological polar surface area (TPSA) is 93.9 Å². The highest BCUT2D eigenvalue weighted by molar-refractivity contribution is 5.81. The molecule has 1 aromatic carbocycles. The lowest BCUT2D eigenvalue weighted by molar-refractivity contribution is -0.153. The van der Waals surface area contributed by atoms with Crippen molar-refractivity contribution in [2.24, 2.45) is 0 Å². The molecule has 0 saturated heterocycles. The molecule has 1 atom stereocenters. The van der Waals surface area contributed by atoms with Crippen LogP contribution in [0, 0.1) is 0 Å². The third-order valence-electron chi connectivity index (χ3n) is 4.25. The van der Waals surface area contributed by atoms with Crippen molar-refractivity contribution in [3.8, 4) is 0 Å². The van der Waals surface area contributed by atoms with E-state index in [-0.39, 0.29) is 26.3 Å². The van der Waals surface area contributed by atoms with E-state index < -0.39 is 23.7 Å². The van der Waals surface area contributed by atoms with Gasteiger partial charge in [-0.3, -0.25) is 9.58 Å². The number of hydrogen-bond donors (Lipinski definition) is 1. The molecule has 1 aliphatic rings. The quantitative estimate of drug-likeness (QED) is 0.809. The molecule has 1 N–H and O–H groups in total. The molecule has 0 aliphatic carbocycles. The molecule has 1 unspecified atom stereocenters. The fourth-order valence-corrected chi connectivity index (χ4v) is 2.96. The van der Waals surface area contributed by atoms with Crippen molar-refractivity contribution in [2.45, 2.75) is 58.7 Å². The molecule has 0 fully saturated rings. The summed E-state index contributed by atoms with van der Waals surface area (Å²) in [5, 5.41) is 13.6. The van der Waals surface area contributed by atoms with Gasteiger partial charge in [-0.05, 0) is 32.4 Å². The van der Waals surface area contributed by atoms with Crippen LogP contribution in [0.15, 0.2) is 36.4 Å². The van der Waals surface area contributed by atoms with Gasteiger partial charge in [0.05, 0.1) is 31.1 Å². The standard InChI is InChI=1S/C20H25N3O5/c1-20(2,3)28-19(26)22-10-16-9-15(12-24)21-23(16)11-17(22)18(25)27-13-14-7-5-4-6-8-14/h4-9,17,24H,10-13H2,1-3H3. The Labute approximate surface area is 163 Å². The highest BCUT2D eigenvalue weighted by Gasteiger charge is 2.39. The third kappa shape index (κ3) is 4.69. The first kappa shape index (κ1) is 19.9. The van der Waals surface area contributed by atoms with Crippen molar-refractivity contribution in [1.82, 2.24) is 14.7 Å². The van der Waals surface area contributed by atoms with Crippen LogP contribution in [0.1, 0.15) is 37.7 Å². The zero-order valence-corrected chi connectivity index (χ0v) is 16.3. The van der Waals surface area contributed by atoms with E-state index >= 15 is 0 Å². The van der Waals surface area contributed by atoms with Crippen LogP contribution in [0.2, 0.25) is 0 Å². The maximum atomic E-state index is 12.8. The first-order valence-electron chi connectivity index (χ1n) is 9.13. The summed E-state index contributed by atoms with van der Waals surface area (Å²) in [4.78, 5) is 26.8. The number of rotatable bonds is 4. The minimum Gasteiger partial charge on any atom is -0.459 e. The number of aromatic nitrogens is 2. The number of amides is 1. The van der Waals surface area contributed by atoms with Crippen LogP contribution in [0.5, 0.6) is 0 Å². The lowest BCUT2D eigenvalue weighted by atomic mass is 10.1. The molecule has 8 nitrogen and oxygen atoms in total. The van der Waals surface area contributed by atoms with Gasteiger partial charge in [0.15, 0.2) is 6.04 Å². The number of fused-ring (bicyclic) bond motifs is 1. The summed E-state index contributed by atoms with van der Waals surface area (Å²) in [7, 11) is 0. The Bertz CT molecular complexity index is 841. The van der Waals surface area contributed by atoms with Crippen molar-refractivity contribution in [3.63, 3.8) is 0 Å². The molecule has 1 amide bonds. The molecule has 2 heterocycles. The van der Waals surface area contributed by atoms with Gasteiger partial charge in [0, 0.05) is 0 Å². The number of hydrogen-bond acceptors (Lipinski definition) is 6. The summed E-state index contributed by atoms with van der Waals surface area (Å²) in [6.07, 6.45) is -0.591. The molecule has 0 bridgehead atoms. The number of ether oxygens (including phenoxy) is 2. The Balaban J connectivity index is 1.79. The molecule has 0 spiro atoms. The van der Waals surface area contributed by atoms with E-state index in [9.17, 15) is 14.7 Å². The average Bonchev–Trinajstić information content (AvgIpc) is 3.06. The second kappa shape index (κ2) is 8.02. The number of benzene rings is 1. The van der Waals surface area contributed by atoms with Gasteiger partial charge in [-0.2, -0.15) is 5.10 Å². The van der Waals surface area contributed by atoms with Gasteiger partial charge < -0.3 is 14.6 Å². The number of aliphatic hydroxyl groups excluding tert-OH is 1. The zero-order chi connectivity index (χ0) is 20.3. The molecule has 1 aromatic heterocycles. The fraction of sp³-hybridized carbons (Fsp3) is 0.450. The Hall–Kier alpha value is -2.87. The normalized spacial score (nSPS) is 16.4. The fourth-order valence-electron chi connectivity index (χ4n) is 2.96. The monoisotopic (exact) mass is 387 g/mol. The number of aliphatic hydroxyl groups is 1. The van der Waals surface area contributed by atoms with Crippen molar-refractivity contribution in [3.05, 3.63) is 53.3 Å². The van der Waals surface area contributed by atoms with Crippen LogP contribution in [-0.4, -0.2) is 43.5 Å². The summed E-state index contributed by atoms with van der Waals surface area (Å²) in [5.41, 5.74) is 1.38. The third-order valence-corrected chi connectivity index (χ3v) is 4.25. The van der Waals surface area contributed by atoms with E-state index in [0.29, 0.717) is 5.69 Å². The zero-order valence-electron chi connectivity index (χ0n) is 16.3. The average molecular weight is 387 g/mol.